The van der Waals surface area contributed by atoms with Crippen molar-refractivity contribution in [3.05, 3.63) is 65.1 Å². The van der Waals surface area contributed by atoms with E-state index in [2.05, 4.69) is 20.7 Å². The first-order chi connectivity index (χ1) is 12.5. The molecule has 0 saturated carbocycles. The molecule has 2 aromatic heterocycles. The number of aromatic nitrogens is 3. The van der Waals surface area contributed by atoms with Crippen molar-refractivity contribution < 1.29 is 18.4 Å². The summed E-state index contributed by atoms with van der Waals surface area (Å²) in [6.07, 6.45) is 1.47. The van der Waals surface area contributed by atoms with Crippen molar-refractivity contribution in [1.29, 1.82) is 0 Å². The molecule has 0 saturated heterocycles. The van der Waals surface area contributed by atoms with E-state index in [0.717, 1.165) is 12.1 Å². The standard InChI is InChI=1S/C17H15F2N5O2/c1-2-20-17(26)14-8-13(23-15-5-6-22-24(14)15)16(25)21-9-10-3-4-11(18)12(19)7-10/h3-8H,2,9H2,1H3,(H,20,26)(H,21,25). The normalized spacial score (nSPS) is 10.7. The monoisotopic (exact) mass is 359 g/mol. The van der Waals surface area contributed by atoms with Gasteiger partial charge in [-0.15, -0.1) is 0 Å². The number of hydrogen-bond acceptors (Lipinski definition) is 4. The fourth-order valence-corrected chi connectivity index (χ4v) is 2.36. The number of nitrogens with zero attached hydrogens (tertiary/aromatic N) is 3. The molecule has 0 fully saturated rings. The van der Waals surface area contributed by atoms with E-state index in [1.165, 1.54) is 22.8 Å². The summed E-state index contributed by atoms with van der Waals surface area (Å²) in [5, 5.41) is 9.23. The molecule has 26 heavy (non-hydrogen) atoms. The first-order valence-corrected chi connectivity index (χ1v) is 7.84. The molecule has 0 bridgehead atoms. The van der Waals surface area contributed by atoms with Gasteiger partial charge in [0.1, 0.15) is 11.4 Å². The minimum absolute atomic E-state index is 0.0152. The molecule has 0 atom stereocenters. The second kappa shape index (κ2) is 7.26. The molecule has 1 aromatic carbocycles. The highest BCUT2D eigenvalue weighted by Crippen LogP contribution is 2.10. The van der Waals surface area contributed by atoms with Gasteiger partial charge in [0, 0.05) is 25.2 Å². The molecule has 3 aromatic rings. The Kier molecular flexibility index (Phi) is 4.87. The van der Waals surface area contributed by atoms with E-state index >= 15 is 0 Å². The zero-order valence-corrected chi connectivity index (χ0v) is 13.8. The highest BCUT2D eigenvalue weighted by Gasteiger charge is 2.17. The Hall–Kier alpha value is -3.36. The lowest BCUT2D eigenvalue weighted by Crippen LogP contribution is -2.28. The number of hydrogen-bond donors (Lipinski definition) is 2. The molecular formula is C17H15F2N5O2. The maximum absolute atomic E-state index is 13.2. The van der Waals surface area contributed by atoms with E-state index in [9.17, 15) is 18.4 Å². The second-order valence-electron chi connectivity index (χ2n) is 5.42. The van der Waals surface area contributed by atoms with Crippen LogP contribution in [0.15, 0.2) is 36.5 Å². The van der Waals surface area contributed by atoms with Crippen LogP contribution in [-0.4, -0.2) is 33.0 Å². The van der Waals surface area contributed by atoms with Crippen LogP contribution in [0.25, 0.3) is 5.65 Å². The van der Waals surface area contributed by atoms with E-state index < -0.39 is 23.4 Å². The van der Waals surface area contributed by atoms with Crippen LogP contribution >= 0.6 is 0 Å². The topological polar surface area (TPSA) is 88.4 Å². The van der Waals surface area contributed by atoms with Crippen molar-refractivity contribution in [1.82, 2.24) is 25.2 Å². The van der Waals surface area contributed by atoms with Crippen molar-refractivity contribution in [3.8, 4) is 0 Å². The summed E-state index contributed by atoms with van der Waals surface area (Å²) in [5.41, 5.74) is 0.917. The molecule has 0 radical (unpaired) electrons. The van der Waals surface area contributed by atoms with Gasteiger partial charge in [-0.05, 0) is 24.6 Å². The molecule has 0 unspecified atom stereocenters. The zero-order valence-electron chi connectivity index (χ0n) is 13.8. The second-order valence-corrected chi connectivity index (χ2v) is 5.42. The van der Waals surface area contributed by atoms with E-state index in [4.69, 9.17) is 0 Å². The van der Waals surface area contributed by atoms with E-state index in [0.29, 0.717) is 17.8 Å². The summed E-state index contributed by atoms with van der Waals surface area (Å²) in [4.78, 5) is 28.7. The Labute approximate surface area is 147 Å². The lowest BCUT2D eigenvalue weighted by Gasteiger charge is -2.09. The largest absolute Gasteiger partial charge is 0.351 e. The van der Waals surface area contributed by atoms with Crippen LogP contribution in [0.3, 0.4) is 0 Å². The number of halogens is 2. The Morgan fingerprint density at radius 2 is 1.88 bits per heavy atom. The zero-order chi connectivity index (χ0) is 18.7. The van der Waals surface area contributed by atoms with E-state index in [-0.39, 0.29) is 17.9 Å². The van der Waals surface area contributed by atoms with Crippen molar-refractivity contribution >= 4 is 17.5 Å². The molecular weight excluding hydrogens is 344 g/mol. The summed E-state index contributed by atoms with van der Waals surface area (Å²) in [7, 11) is 0. The highest BCUT2D eigenvalue weighted by molar-refractivity contribution is 5.98. The number of fused-ring (bicyclic) bond motifs is 1. The molecule has 0 aliphatic rings. The van der Waals surface area contributed by atoms with Crippen LogP contribution in [0.2, 0.25) is 0 Å². The van der Waals surface area contributed by atoms with E-state index in [1.807, 2.05) is 0 Å². The van der Waals surface area contributed by atoms with Gasteiger partial charge in [-0.1, -0.05) is 6.07 Å². The van der Waals surface area contributed by atoms with Gasteiger partial charge in [-0.2, -0.15) is 5.10 Å². The molecule has 2 N–H and O–H groups in total. The summed E-state index contributed by atoms with van der Waals surface area (Å²) >= 11 is 0. The fraction of sp³-hybridized carbons (Fsp3) is 0.176. The van der Waals surface area contributed by atoms with Gasteiger partial charge in [-0.25, -0.2) is 18.3 Å². The minimum Gasteiger partial charge on any atom is -0.351 e. The van der Waals surface area contributed by atoms with Gasteiger partial charge in [0.2, 0.25) is 0 Å². The van der Waals surface area contributed by atoms with Crippen LogP contribution in [0.5, 0.6) is 0 Å². The number of rotatable bonds is 5. The van der Waals surface area contributed by atoms with Gasteiger partial charge in [0.05, 0.1) is 6.20 Å². The summed E-state index contributed by atoms with van der Waals surface area (Å²) in [6.45, 7) is 2.18. The Morgan fingerprint density at radius 1 is 1.08 bits per heavy atom. The molecule has 0 aliphatic carbocycles. The first-order valence-electron chi connectivity index (χ1n) is 7.84. The van der Waals surface area contributed by atoms with Crippen LogP contribution < -0.4 is 10.6 Å². The third-order valence-electron chi connectivity index (χ3n) is 3.60. The van der Waals surface area contributed by atoms with Crippen LogP contribution in [0.4, 0.5) is 8.78 Å². The van der Waals surface area contributed by atoms with Gasteiger partial charge in [-0.3, -0.25) is 9.59 Å². The van der Waals surface area contributed by atoms with Gasteiger partial charge in [0.25, 0.3) is 11.8 Å². The summed E-state index contributed by atoms with van der Waals surface area (Å²) in [6, 6.07) is 6.25. The number of benzene rings is 1. The Morgan fingerprint density at radius 3 is 2.62 bits per heavy atom. The average Bonchev–Trinajstić information content (AvgIpc) is 3.10. The van der Waals surface area contributed by atoms with Crippen LogP contribution in [0.1, 0.15) is 33.5 Å². The molecule has 2 heterocycles. The third-order valence-corrected chi connectivity index (χ3v) is 3.60. The summed E-state index contributed by atoms with van der Waals surface area (Å²) < 4.78 is 27.5. The molecule has 3 rings (SSSR count). The molecule has 7 nitrogen and oxygen atoms in total. The predicted octanol–water partition coefficient (Wildman–Crippen LogP) is 1.69. The molecule has 134 valence electrons. The number of nitrogens with one attached hydrogen (secondary N) is 2. The van der Waals surface area contributed by atoms with Crippen molar-refractivity contribution in [2.24, 2.45) is 0 Å². The molecule has 9 heteroatoms. The maximum Gasteiger partial charge on any atom is 0.270 e. The molecule has 0 aliphatic heterocycles. The summed E-state index contributed by atoms with van der Waals surface area (Å²) in [5.74, 6) is -2.89. The van der Waals surface area contributed by atoms with E-state index in [1.54, 1.807) is 13.0 Å². The van der Waals surface area contributed by atoms with Crippen LogP contribution in [0, 0.1) is 11.6 Å². The van der Waals surface area contributed by atoms with Crippen molar-refractivity contribution in [2.45, 2.75) is 13.5 Å². The fourth-order valence-electron chi connectivity index (χ4n) is 2.36. The molecule has 0 spiro atoms. The van der Waals surface area contributed by atoms with Crippen LogP contribution in [-0.2, 0) is 6.54 Å². The SMILES string of the molecule is CCNC(=O)c1cc(C(=O)NCc2ccc(F)c(F)c2)nc2ccnn12. The third kappa shape index (κ3) is 3.51. The quantitative estimate of drug-likeness (QED) is 0.726. The minimum atomic E-state index is -0.992. The number of carbonyl (C=O) groups is 2. The van der Waals surface area contributed by atoms with Gasteiger partial charge in [0.15, 0.2) is 17.3 Å². The lowest BCUT2D eigenvalue weighted by molar-refractivity contribution is 0.0945. The maximum atomic E-state index is 13.2. The molecule has 2 amide bonds. The highest BCUT2D eigenvalue weighted by atomic mass is 19.2. The Bertz CT molecular complexity index is 986. The first kappa shape index (κ1) is 17.5. The van der Waals surface area contributed by atoms with Crippen molar-refractivity contribution in [3.63, 3.8) is 0 Å². The number of carbonyl (C=O) groups excluding carboxylic acids is 2. The predicted molar refractivity (Wildman–Crippen MR) is 88.5 cm³/mol. The Balaban J connectivity index is 1.83. The lowest BCUT2D eigenvalue weighted by atomic mass is 10.2. The van der Waals surface area contributed by atoms with Gasteiger partial charge >= 0.3 is 0 Å². The van der Waals surface area contributed by atoms with Gasteiger partial charge < -0.3 is 10.6 Å². The average molecular weight is 359 g/mol. The van der Waals surface area contributed by atoms with Crippen molar-refractivity contribution in [2.75, 3.05) is 6.54 Å². The number of amides is 2. The smallest absolute Gasteiger partial charge is 0.270 e.